The highest BCUT2D eigenvalue weighted by Gasteiger charge is 2.11. The topological polar surface area (TPSA) is 86.9 Å². The molecule has 1 rings (SSSR count). The zero-order chi connectivity index (χ0) is 9.84. The van der Waals surface area contributed by atoms with E-state index in [2.05, 4.69) is 5.10 Å². The fourth-order valence-electron chi connectivity index (χ4n) is 1.16. The maximum atomic E-state index is 10.9. The van der Waals surface area contributed by atoms with Gasteiger partial charge in [-0.3, -0.25) is 9.48 Å². The highest BCUT2D eigenvalue weighted by atomic mass is 16.1. The Balaban J connectivity index is 2.97. The van der Waals surface area contributed by atoms with Gasteiger partial charge in [0.25, 0.3) is 5.91 Å². The van der Waals surface area contributed by atoms with E-state index in [1.807, 2.05) is 6.92 Å². The molecular formula is C8H14N4O. The molecule has 0 aromatic carbocycles. The fourth-order valence-corrected chi connectivity index (χ4v) is 1.16. The molecule has 0 fully saturated rings. The Morgan fingerprint density at radius 3 is 2.77 bits per heavy atom. The van der Waals surface area contributed by atoms with Crippen molar-refractivity contribution in [2.75, 3.05) is 0 Å². The number of primary amides is 1. The molecule has 0 aliphatic heterocycles. The minimum Gasteiger partial charge on any atom is -0.364 e. The summed E-state index contributed by atoms with van der Waals surface area (Å²) in [6.07, 6.45) is 2.73. The molecule has 0 unspecified atom stereocenters. The van der Waals surface area contributed by atoms with Gasteiger partial charge in [-0.05, 0) is 6.42 Å². The van der Waals surface area contributed by atoms with Crippen LogP contribution in [0.1, 0.15) is 29.4 Å². The molecule has 13 heavy (non-hydrogen) atoms. The van der Waals surface area contributed by atoms with Crippen LogP contribution in [-0.4, -0.2) is 15.7 Å². The van der Waals surface area contributed by atoms with E-state index in [9.17, 15) is 4.79 Å². The SMILES string of the molecule is CCCn1cc(CN)c(C(N)=O)n1. The van der Waals surface area contributed by atoms with E-state index in [-0.39, 0.29) is 5.69 Å². The van der Waals surface area contributed by atoms with Crippen LogP contribution in [0.2, 0.25) is 0 Å². The van der Waals surface area contributed by atoms with Gasteiger partial charge in [-0.1, -0.05) is 6.92 Å². The number of carbonyl (C=O) groups is 1. The third-order valence-electron chi connectivity index (χ3n) is 1.74. The fraction of sp³-hybridized carbons (Fsp3) is 0.500. The van der Waals surface area contributed by atoms with Crippen LogP contribution in [0.15, 0.2) is 6.20 Å². The van der Waals surface area contributed by atoms with Crippen molar-refractivity contribution in [1.29, 1.82) is 0 Å². The number of carbonyl (C=O) groups excluding carboxylic acids is 1. The molecule has 0 aliphatic rings. The van der Waals surface area contributed by atoms with Crippen LogP contribution in [0.5, 0.6) is 0 Å². The molecule has 5 nitrogen and oxygen atoms in total. The minimum atomic E-state index is -0.518. The van der Waals surface area contributed by atoms with Crippen LogP contribution in [0, 0.1) is 0 Å². The summed E-state index contributed by atoms with van der Waals surface area (Å²) in [5.41, 5.74) is 11.6. The van der Waals surface area contributed by atoms with E-state index in [0.29, 0.717) is 12.1 Å². The van der Waals surface area contributed by atoms with E-state index in [0.717, 1.165) is 13.0 Å². The van der Waals surface area contributed by atoms with E-state index in [1.165, 1.54) is 0 Å². The van der Waals surface area contributed by atoms with E-state index >= 15 is 0 Å². The van der Waals surface area contributed by atoms with Gasteiger partial charge in [0.1, 0.15) is 0 Å². The minimum absolute atomic E-state index is 0.288. The molecule has 0 aliphatic carbocycles. The quantitative estimate of drug-likeness (QED) is 0.678. The first-order valence-corrected chi connectivity index (χ1v) is 4.25. The normalized spacial score (nSPS) is 10.3. The first-order chi connectivity index (χ1) is 6.19. The molecule has 1 aromatic rings. The van der Waals surface area contributed by atoms with Crippen molar-refractivity contribution in [2.24, 2.45) is 11.5 Å². The molecule has 4 N–H and O–H groups in total. The smallest absolute Gasteiger partial charge is 0.269 e. The number of aromatic nitrogens is 2. The first-order valence-electron chi connectivity index (χ1n) is 4.25. The molecule has 1 amide bonds. The zero-order valence-electron chi connectivity index (χ0n) is 7.66. The lowest BCUT2D eigenvalue weighted by molar-refractivity contribution is 0.0994. The molecular weight excluding hydrogens is 168 g/mol. The van der Waals surface area contributed by atoms with Gasteiger partial charge in [0, 0.05) is 24.8 Å². The molecule has 5 heteroatoms. The molecule has 72 valence electrons. The Bertz CT molecular complexity index is 305. The maximum absolute atomic E-state index is 10.9. The standard InChI is InChI=1S/C8H14N4O/c1-2-3-12-5-6(4-9)7(11-12)8(10)13/h5H,2-4,9H2,1H3,(H2,10,13). The molecule has 0 radical (unpaired) electrons. The lowest BCUT2D eigenvalue weighted by Crippen LogP contribution is -2.15. The predicted octanol–water partition coefficient (Wildman–Crippen LogP) is -0.149. The van der Waals surface area contributed by atoms with E-state index < -0.39 is 5.91 Å². The van der Waals surface area contributed by atoms with Crippen molar-refractivity contribution >= 4 is 5.91 Å². The van der Waals surface area contributed by atoms with Crippen LogP contribution < -0.4 is 11.5 Å². The Hall–Kier alpha value is -1.36. The second kappa shape index (κ2) is 4.04. The average molecular weight is 182 g/mol. The largest absolute Gasteiger partial charge is 0.364 e. The lowest BCUT2D eigenvalue weighted by atomic mass is 10.2. The molecule has 0 atom stereocenters. The van der Waals surface area contributed by atoms with Crippen LogP contribution in [0.25, 0.3) is 0 Å². The third-order valence-corrected chi connectivity index (χ3v) is 1.74. The summed E-state index contributed by atoms with van der Waals surface area (Å²) in [5.74, 6) is -0.518. The molecule has 1 heterocycles. The highest BCUT2D eigenvalue weighted by Crippen LogP contribution is 2.05. The summed E-state index contributed by atoms with van der Waals surface area (Å²) in [5, 5.41) is 4.03. The number of nitrogens with zero attached hydrogens (tertiary/aromatic N) is 2. The Kier molecular flexibility index (Phi) is 3.02. The first kappa shape index (κ1) is 9.73. The number of hydrogen-bond donors (Lipinski definition) is 2. The van der Waals surface area contributed by atoms with Gasteiger partial charge in [0.2, 0.25) is 0 Å². The third kappa shape index (κ3) is 2.06. The van der Waals surface area contributed by atoms with Gasteiger partial charge in [-0.25, -0.2) is 0 Å². The van der Waals surface area contributed by atoms with Gasteiger partial charge >= 0.3 is 0 Å². The van der Waals surface area contributed by atoms with Gasteiger partial charge < -0.3 is 11.5 Å². The Morgan fingerprint density at radius 2 is 2.38 bits per heavy atom. The van der Waals surface area contributed by atoms with Crippen molar-refractivity contribution in [3.63, 3.8) is 0 Å². The van der Waals surface area contributed by atoms with Crippen LogP contribution in [-0.2, 0) is 13.1 Å². The van der Waals surface area contributed by atoms with Crippen molar-refractivity contribution in [3.8, 4) is 0 Å². The highest BCUT2D eigenvalue weighted by molar-refractivity contribution is 5.92. The summed E-state index contributed by atoms with van der Waals surface area (Å²) in [6, 6.07) is 0. The van der Waals surface area contributed by atoms with Crippen LogP contribution in [0.3, 0.4) is 0 Å². The summed E-state index contributed by atoms with van der Waals surface area (Å²) < 4.78 is 1.70. The monoisotopic (exact) mass is 182 g/mol. The summed E-state index contributed by atoms with van der Waals surface area (Å²) in [6.45, 7) is 3.11. The Labute approximate surface area is 76.7 Å². The van der Waals surface area contributed by atoms with E-state index in [4.69, 9.17) is 11.5 Å². The van der Waals surface area contributed by atoms with Crippen molar-refractivity contribution in [3.05, 3.63) is 17.5 Å². The number of nitrogens with two attached hydrogens (primary N) is 2. The molecule has 1 aromatic heterocycles. The van der Waals surface area contributed by atoms with Gasteiger partial charge in [0.15, 0.2) is 5.69 Å². The molecule has 0 bridgehead atoms. The molecule has 0 saturated heterocycles. The van der Waals surface area contributed by atoms with Crippen LogP contribution >= 0.6 is 0 Å². The summed E-state index contributed by atoms with van der Waals surface area (Å²) >= 11 is 0. The second-order valence-electron chi connectivity index (χ2n) is 2.83. The lowest BCUT2D eigenvalue weighted by Gasteiger charge is -1.94. The second-order valence-corrected chi connectivity index (χ2v) is 2.83. The van der Waals surface area contributed by atoms with Crippen molar-refractivity contribution in [2.45, 2.75) is 26.4 Å². The average Bonchev–Trinajstić information content (AvgIpc) is 2.48. The van der Waals surface area contributed by atoms with Crippen molar-refractivity contribution in [1.82, 2.24) is 9.78 Å². The van der Waals surface area contributed by atoms with Gasteiger partial charge in [-0.15, -0.1) is 0 Å². The maximum Gasteiger partial charge on any atom is 0.269 e. The van der Waals surface area contributed by atoms with E-state index in [1.54, 1.807) is 10.9 Å². The molecule has 0 saturated carbocycles. The predicted molar refractivity (Wildman–Crippen MR) is 48.9 cm³/mol. The van der Waals surface area contributed by atoms with Gasteiger partial charge in [-0.2, -0.15) is 5.10 Å². The molecule has 0 spiro atoms. The zero-order valence-corrected chi connectivity index (χ0v) is 7.66. The summed E-state index contributed by atoms with van der Waals surface area (Å²) in [7, 11) is 0. The number of hydrogen-bond acceptors (Lipinski definition) is 3. The number of rotatable bonds is 4. The van der Waals surface area contributed by atoms with Crippen LogP contribution in [0.4, 0.5) is 0 Å². The number of amides is 1. The van der Waals surface area contributed by atoms with Gasteiger partial charge in [0.05, 0.1) is 0 Å². The summed E-state index contributed by atoms with van der Waals surface area (Å²) in [4.78, 5) is 10.9. The van der Waals surface area contributed by atoms with Crippen molar-refractivity contribution < 1.29 is 4.79 Å². The number of aryl methyl sites for hydroxylation is 1. The Morgan fingerprint density at radius 1 is 1.69 bits per heavy atom.